The molecular weight excluding hydrogens is 255 g/mol. The lowest BCUT2D eigenvalue weighted by molar-refractivity contribution is -0.125. The fraction of sp³-hybridized carbons (Fsp3) is 0.571. The van der Waals surface area contributed by atoms with Crippen molar-refractivity contribution in [1.82, 2.24) is 5.32 Å². The predicted molar refractivity (Wildman–Crippen MR) is 69.1 cm³/mol. The lowest BCUT2D eigenvalue weighted by atomic mass is 10.1. The molecule has 5 heteroatoms. The van der Waals surface area contributed by atoms with E-state index >= 15 is 0 Å². The molecule has 0 aliphatic carbocycles. The van der Waals surface area contributed by atoms with Crippen LogP contribution in [-0.4, -0.2) is 32.0 Å². The van der Waals surface area contributed by atoms with Gasteiger partial charge in [0.05, 0.1) is 12.6 Å². The molecule has 108 valence electrons. The van der Waals surface area contributed by atoms with Crippen molar-refractivity contribution >= 4 is 0 Å². The van der Waals surface area contributed by atoms with E-state index in [0.29, 0.717) is 6.61 Å². The third-order valence-electron chi connectivity index (χ3n) is 2.61. The van der Waals surface area contributed by atoms with E-state index in [2.05, 4.69) is 5.32 Å². The average Bonchev–Trinajstić information content (AvgIpc) is 2.34. The van der Waals surface area contributed by atoms with Gasteiger partial charge in [-0.05, 0) is 25.3 Å². The average molecular weight is 275 g/mol. The molecule has 1 rings (SSSR count). The molecule has 0 spiro atoms. The predicted octanol–water partition coefficient (Wildman–Crippen LogP) is 3.18. The van der Waals surface area contributed by atoms with Gasteiger partial charge in [0.25, 0.3) is 0 Å². The van der Waals surface area contributed by atoms with Crippen LogP contribution < -0.4 is 5.32 Å². The van der Waals surface area contributed by atoms with Crippen molar-refractivity contribution in [3.8, 4) is 0 Å². The van der Waals surface area contributed by atoms with Crippen LogP contribution >= 0.6 is 0 Å². The van der Waals surface area contributed by atoms with E-state index in [1.165, 1.54) is 5.56 Å². The molecule has 19 heavy (non-hydrogen) atoms. The van der Waals surface area contributed by atoms with Gasteiger partial charge in [-0.25, -0.2) is 0 Å². The fourth-order valence-corrected chi connectivity index (χ4v) is 1.68. The topological polar surface area (TPSA) is 21.3 Å². The van der Waals surface area contributed by atoms with Crippen molar-refractivity contribution in [2.75, 3.05) is 19.7 Å². The Morgan fingerprint density at radius 1 is 1.21 bits per heavy atom. The molecule has 0 amide bonds. The van der Waals surface area contributed by atoms with Crippen LogP contribution in [0.2, 0.25) is 0 Å². The van der Waals surface area contributed by atoms with Gasteiger partial charge in [-0.1, -0.05) is 30.3 Å². The first-order valence-electron chi connectivity index (χ1n) is 6.40. The molecule has 1 atom stereocenters. The van der Waals surface area contributed by atoms with Gasteiger partial charge in [-0.2, -0.15) is 13.2 Å². The molecule has 0 saturated carbocycles. The summed E-state index contributed by atoms with van der Waals surface area (Å²) in [5.41, 5.74) is 1.24. The molecule has 1 aromatic carbocycles. The Balaban J connectivity index is 2.03. The molecule has 0 aliphatic heterocycles. The smallest absolute Gasteiger partial charge is 0.377 e. The fourth-order valence-electron chi connectivity index (χ4n) is 1.68. The monoisotopic (exact) mass is 275 g/mol. The van der Waals surface area contributed by atoms with Crippen molar-refractivity contribution in [2.45, 2.75) is 32.0 Å². The van der Waals surface area contributed by atoms with Crippen LogP contribution in [0.3, 0.4) is 0 Å². The number of benzene rings is 1. The number of alkyl halides is 3. The Labute approximate surface area is 112 Å². The number of nitrogens with one attached hydrogen (secondary N) is 1. The molecule has 0 aliphatic rings. The van der Waals surface area contributed by atoms with Gasteiger partial charge in [-0.15, -0.1) is 0 Å². The summed E-state index contributed by atoms with van der Waals surface area (Å²) in [6.07, 6.45) is -2.58. The maximum Gasteiger partial charge on any atom is 0.401 e. The summed E-state index contributed by atoms with van der Waals surface area (Å²) in [6, 6.07) is 10.0. The Morgan fingerprint density at radius 2 is 1.89 bits per heavy atom. The zero-order valence-electron chi connectivity index (χ0n) is 11.0. The van der Waals surface area contributed by atoms with Crippen LogP contribution in [0, 0.1) is 0 Å². The minimum atomic E-state index is -4.16. The molecule has 0 fully saturated rings. The largest absolute Gasteiger partial charge is 0.401 e. The number of halogens is 3. The SMILES string of the molecule is CC(CNCC(F)(F)F)OCCCc1ccccc1. The van der Waals surface area contributed by atoms with Gasteiger partial charge in [0.1, 0.15) is 0 Å². The highest BCUT2D eigenvalue weighted by Gasteiger charge is 2.26. The molecule has 0 aromatic heterocycles. The van der Waals surface area contributed by atoms with E-state index in [0.717, 1.165) is 12.8 Å². The van der Waals surface area contributed by atoms with Gasteiger partial charge in [0, 0.05) is 13.2 Å². The molecule has 0 radical (unpaired) electrons. The highest BCUT2D eigenvalue weighted by Crippen LogP contribution is 2.12. The van der Waals surface area contributed by atoms with Gasteiger partial charge < -0.3 is 10.1 Å². The Kier molecular flexibility index (Phi) is 6.87. The molecule has 1 N–H and O–H groups in total. The first-order valence-corrected chi connectivity index (χ1v) is 6.40. The van der Waals surface area contributed by atoms with Crippen LogP contribution in [0.4, 0.5) is 13.2 Å². The van der Waals surface area contributed by atoms with E-state index in [4.69, 9.17) is 4.74 Å². The Morgan fingerprint density at radius 3 is 2.53 bits per heavy atom. The van der Waals surface area contributed by atoms with E-state index in [1.807, 2.05) is 30.3 Å². The van der Waals surface area contributed by atoms with Crippen molar-refractivity contribution in [3.63, 3.8) is 0 Å². The maximum absolute atomic E-state index is 11.9. The molecule has 0 heterocycles. The minimum Gasteiger partial charge on any atom is -0.377 e. The van der Waals surface area contributed by atoms with E-state index in [1.54, 1.807) is 6.92 Å². The second kappa shape index (κ2) is 8.17. The van der Waals surface area contributed by atoms with E-state index in [-0.39, 0.29) is 12.6 Å². The summed E-state index contributed by atoms with van der Waals surface area (Å²) in [6.45, 7) is 1.57. The van der Waals surface area contributed by atoms with Crippen LogP contribution in [0.5, 0.6) is 0 Å². The second-order valence-electron chi connectivity index (χ2n) is 4.52. The number of hydrogen-bond acceptors (Lipinski definition) is 2. The lowest BCUT2D eigenvalue weighted by Gasteiger charge is -2.15. The van der Waals surface area contributed by atoms with Crippen LogP contribution in [-0.2, 0) is 11.2 Å². The minimum absolute atomic E-state index is 0.210. The summed E-state index contributed by atoms with van der Waals surface area (Å²) in [5.74, 6) is 0. The molecule has 1 unspecified atom stereocenters. The van der Waals surface area contributed by atoms with Gasteiger partial charge in [-0.3, -0.25) is 0 Å². The quantitative estimate of drug-likeness (QED) is 0.736. The third-order valence-corrected chi connectivity index (χ3v) is 2.61. The zero-order chi connectivity index (χ0) is 14.1. The first kappa shape index (κ1) is 16.0. The number of rotatable bonds is 8. The van der Waals surface area contributed by atoms with Crippen molar-refractivity contribution < 1.29 is 17.9 Å². The Hall–Kier alpha value is -1.07. The highest BCUT2D eigenvalue weighted by atomic mass is 19.4. The lowest BCUT2D eigenvalue weighted by Crippen LogP contribution is -2.34. The zero-order valence-corrected chi connectivity index (χ0v) is 11.0. The summed E-state index contributed by atoms with van der Waals surface area (Å²) in [7, 11) is 0. The standard InChI is InChI=1S/C14H20F3NO/c1-12(10-18-11-14(15,16)17)19-9-5-8-13-6-3-2-4-7-13/h2-4,6-7,12,18H,5,8-11H2,1H3. The molecule has 2 nitrogen and oxygen atoms in total. The molecule has 1 aromatic rings. The Bertz CT molecular complexity index is 340. The van der Waals surface area contributed by atoms with Crippen molar-refractivity contribution in [1.29, 1.82) is 0 Å². The normalized spacial score (nSPS) is 13.5. The first-order chi connectivity index (χ1) is 8.97. The van der Waals surface area contributed by atoms with Gasteiger partial charge >= 0.3 is 6.18 Å². The van der Waals surface area contributed by atoms with Crippen LogP contribution in [0.25, 0.3) is 0 Å². The number of hydrogen-bond donors (Lipinski definition) is 1. The summed E-state index contributed by atoms with van der Waals surface area (Å²) >= 11 is 0. The summed E-state index contributed by atoms with van der Waals surface area (Å²) < 4.78 is 41.1. The highest BCUT2D eigenvalue weighted by molar-refractivity contribution is 5.14. The van der Waals surface area contributed by atoms with Crippen LogP contribution in [0.1, 0.15) is 18.9 Å². The van der Waals surface area contributed by atoms with Gasteiger partial charge in [0.15, 0.2) is 0 Å². The summed E-state index contributed by atoms with van der Waals surface area (Å²) in [5, 5.41) is 2.33. The van der Waals surface area contributed by atoms with Crippen molar-refractivity contribution in [2.24, 2.45) is 0 Å². The molecule has 0 saturated heterocycles. The van der Waals surface area contributed by atoms with Gasteiger partial charge in [0.2, 0.25) is 0 Å². The molecule has 0 bridgehead atoms. The summed E-state index contributed by atoms with van der Waals surface area (Å²) in [4.78, 5) is 0. The van der Waals surface area contributed by atoms with E-state index < -0.39 is 12.7 Å². The number of ether oxygens (including phenoxy) is 1. The maximum atomic E-state index is 11.9. The molecular formula is C14H20F3NO. The van der Waals surface area contributed by atoms with E-state index in [9.17, 15) is 13.2 Å². The number of aryl methyl sites for hydroxylation is 1. The second-order valence-corrected chi connectivity index (χ2v) is 4.52. The third kappa shape index (κ3) is 8.61. The van der Waals surface area contributed by atoms with Crippen LogP contribution in [0.15, 0.2) is 30.3 Å². The van der Waals surface area contributed by atoms with Crippen molar-refractivity contribution in [3.05, 3.63) is 35.9 Å².